The molecule has 1 N–H and O–H groups in total. The van der Waals surface area contributed by atoms with Crippen LogP contribution in [-0.2, 0) is 15.2 Å². The van der Waals surface area contributed by atoms with E-state index in [1.54, 1.807) is 55.6 Å². The fraction of sp³-hybridized carbons (Fsp3) is 0.375. The van der Waals surface area contributed by atoms with Gasteiger partial charge in [0.25, 0.3) is 11.8 Å². The highest BCUT2D eigenvalue weighted by atomic mass is 16.5. The zero-order chi connectivity index (χ0) is 22.0. The second kappa shape index (κ2) is 8.51. The van der Waals surface area contributed by atoms with Crippen molar-refractivity contribution in [3.8, 4) is 5.75 Å². The molecule has 1 fully saturated rings. The van der Waals surface area contributed by atoms with E-state index in [1.807, 2.05) is 4.90 Å². The van der Waals surface area contributed by atoms with Crippen molar-refractivity contribution in [1.82, 2.24) is 4.90 Å². The number of carbonyl (C=O) groups is 3. The highest BCUT2D eigenvalue weighted by Gasteiger charge is 2.49. The largest absolute Gasteiger partial charge is 0.484 e. The lowest BCUT2D eigenvalue weighted by molar-refractivity contribution is -0.135. The number of anilines is 1. The van der Waals surface area contributed by atoms with Crippen LogP contribution in [-0.4, -0.2) is 54.3 Å². The van der Waals surface area contributed by atoms with Gasteiger partial charge in [0.15, 0.2) is 18.0 Å². The first-order valence-corrected chi connectivity index (χ1v) is 10.5. The van der Waals surface area contributed by atoms with Crippen LogP contribution in [0.25, 0.3) is 0 Å². The second-order valence-electron chi connectivity index (χ2n) is 8.10. The van der Waals surface area contributed by atoms with Gasteiger partial charge < -0.3 is 19.6 Å². The lowest BCUT2D eigenvalue weighted by Gasteiger charge is -2.26. The maximum atomic E-state index is 12.8. The molecule has 0 saturated carbocycles. The quantitative estimate of drug-likeness (QED) is 0.723. The number of hydrogen-bond donors (Lipinski definition) is 1. The van der Waals surface area contributed by atoms with E-state index in [0.29, 0.717) is 22.6 Å². The molecule has 1 saturated heterocycles. The molecule has 2 aromatic carbocycles. The molecule has 31 heavy (non-hydrogen) atoms. The van der Waals surface area contributed by atoms with Gasteiger partial charge in [0.2, 0.25) is 0 Å². The molecule has 7 heteroatoms. The summed E-state index contributed by atoms with van der Waals surface area (Å²) in [6.45, 7) is 1.51. The number of ketones is 1. The number of hydrogen-bond acceptors (Lipinski definition) is 5. The predicted octanol–water partition coefficient (Wildman–Crippen LogP) is 2.51. The van der Waals surface area contributed by atoms with Gasteiger partial charge in [0.05, 0.1) is 12.1 Å². The summed E-state index contributed by atoms with van der Waals surface area (Å²) in [5.74, 6) is -0.414. The van der Waals surface area contributed by atoms with Gasteiger partial charge in [0.1, 0.15) is 5.75 Å². The normalized spacial score (nSPS) is 20.5. The zero-order valence-electron chi connectivity index (χ0n) is 17.5. The number of fused-ring (bicyclic) bond motifs is 1. The molecular formula is C24H26N2O5. The fourth-order valence-electron chi connectivity index (χ4n) is 4.24. The molecule has 0 unspecified atom stereocenters. The number of carbonyl (C=O) groups excluding carboxylic acids is 3. The highest BCUT2D eigenvalue weighted by Crippen LogP contribution is 2.41. The van der Waals surface area contributed by atoms with Crippen LogP contribution < -0.4 is 9.64 Å². The number of rotatable bonds is 6. The Labute approximate surface area is 181 Å². The number of piperidine rings is 1. The lowest BCUT2D eigenvalue weighted by atomic mass is 9.88. The Morgan fingerprint density at radius 1 is 1.03 bits per heavy atom. The third kappa shape index (κ3) is 4.05. The monoisotopic (exact) mass is 422 g/mol. The summed E-state index contributed by atoms with van der Waals surface area (Å²) in [6, 6.07) is 13.3. The van der Waals surface area contributed by atoms with Crippen LogP contribution in [0.2, 0.25) is 0 Å². The standard InChI is InChI=1S/C24H26N2O5/c1-25-20-8-4-3-7-19(20)24(30,23(25)29)15-21(27)17-9-11-18(12-10-17)31-16-22(28)26-13-5-2-6-14-26/h3-4,7-12,30H,2,5-6,13-16H2,1H3/t24-/m1/s1. The Bertz CT molecular complexity index is 997. The Kier molecular flexibility index (Phi) is 5.78. The molecule has 2 aliphatic rings. The van der Waals surface area contributed by atoms with Crippen molar-refractivity contribution in [3.63, 3.8) is 0 Å². The molecule has 2 amide bonds. The van der Waals surface area contributed by atoms with Gasteiger partial charge in [-0.05, 0) is 49.6 Å². The van der Waals surface area contributed by atoms with E-state index in [9.17, 15) is 19.5 Å². The molecule has 0 aliphatic carbocycles. The topological polar surface area (TPSA) is 87.1 Å². The van der Waals surface area contributed by atoms with Crippen LogP contribution in [0, 0.1) is 0 Å². The van der Waals surface area contributed by atoms with Gasteiger partial charge in [-0.2, -0.15) is 0 Å². The average molecular weight is 422 g/mol. The summed E-state index contributed by atoms with van der Waals surface area (Å²) in [6.07, 6.45) is 2.86. The van der Waals surface area contributed by atoms with Gasteiger partial charge >= 0.3 is 0 Å². The van der Waals surface area contributed by atoms with Crippen molar-refractivity contribution < 1.29 is 24.2 Å². The summed E-state index contributed by atoms with van der Waals surface area (Å²) in [5, 5.41) is 11.1. The van der Waals surface area contributed by atoms with Gasteiger partial charge in [-0.3, -0.25) is 14.4 Å². The molecule has 0 radical (unpaired) electrons. The first kappa shape index (κ1) is 21.1. The van der Waals surface area contributed by atoms with Crippen molar-refractivity contribution >= 4 is 23.3 Å². The van der Waals surface area contributed by atoms with E-state index in [1.165, 1.54) is 4.90 Å². The first-order valence-electron chi connectivity index (χ1n) is 10.5. The number of amides is 2. The summed E-state index contributed by atoms with van der Waals surface area (Å²) in [7, 11) is 1.58. The van der Waals surface area contributed by atoms with Crippen molar-refractivity contribution in [2.75, 3.05) is 31.6 Å². The number of likely N-dealkylation sites (N-methyl/N-ethyl adjacent to an activating group) is 1. The number of nitrogens with zero attached hydrogens (tertiary/aromatic N) is 2. The summed E-state index contributed by atoms with van der Waals surface area (Å²) in [4.78, 5) is 40.9. The molecular weight excluding hydrogens is 396 g/mol. The van der Waals surface area contributed by atoms with Gasteiger partial charge in [-0.15, -0.1) is 0 Å². The smallest absolute Gasteiger partial charge is 0.263 e. The number of Topliss-reactive ketones (excluding diaryl/α,β-unsaturated/α-hetero) is 1. The van der Waals surface area contributed by atoms with Crippen LogP contribution >= 0.6 is 0 Å². The summed E-state index contributed by atoms with van der Waals surface area (Å²) >= 11 is 0. The Morgan fingerprint density at radius 3 is 2.42 bits per heavy atom. The molecule has 0 spiro atoms. The van der Waals surface area contributed by atoms with E-state index in [-0.39, 0.29) is 24.7 Å². The van der Waals surface area contributed by atoms with E-state index < -0.39 is 11.5 Å². The molecule has 2 aromatic rings. The molecule has 7 nitrogen and oxygen atoms in total. The Balaban J connectivity index is 1.40. The molecule has 162 valence electrons. The fourth-order valence-corrected chi connectivity index (χ4v) is 4.24. The SMILES string of the molecule is CN1C(=O)[C@@](O)(CC(=O)c2ccc(OCC(=O)N3CCCCC3)cc2)c2ccccc21. The lowest BCUT2D eigenvalue weighted by Crippen LogP contribution is -2.40. The van der Waals surface area contributed by atoms with Crippen LogP contribution in [0.3, 0.4) is 0 Å². The minimum absolute atomic E-state index is 0.0370. The average Bonchev–Trinajstić information content (AvgIpc) is 2.99. The highest BCUT2D eigenvalue weighted by molar-refractivity contribution is 6.10. The van der Waals surface area contributed by atoms with Crippen molar-refractivity contribution in [3.05, 3.63) is 59.7 Å². The van der Waals surface area contributed by atoms with Crippen LogP contribution in [0.4, 0.5) is 5.69 Å². The maximum Gasteiger partial charge on any atom is 0.263 e. The number of benzene rings is 2. The van der Waals surface area contributed by atoms with Crippen LogP contribution in [0.5, 0.6) is 5.75 Å². The second-order valence-corrected chi connectivity index (χ2v) is 8.10. The van der Waals surface area contributed by atoms with E-state index in [0.717, 1.165) is 32.4 Å². The van der Waals surface area contributed by atoms with E-state index in [4.69, 9.17) is 4.74 Å². The zero-order valence-corrected chi connectivity index (χ0v) is 17.5. The molecule has 0 bridgehead atoms. The molecule has 0 aromatic heterocycles. The first-order chi connectivity index (χ1) is 14.9. The van der Waals surface area contributed by atoms with E-state index in [2.05, 4.69) is 0 Å². The molecule has 1 atom stereocenters. The maximum absolute atomic E-state index is 12.8. The van der Waals surface area contributed by atoms with Crippen molar-refractivity contribution in [1.29, 1.82) is 0 Å². The number of ether oxygens (including phenoxy) is 1. The minimum Gasteiger partial charge on any atom is -0.484 e. The van der Waals surface area contributed by atoms with Crippen LogP contribution in [0.1, 0.15) is 41.6 Å². The van der Waals surface area contributed by atoms with Crippen molar-refractivity contribution in [2.24, 2.45) is 0 Å². The van der Waals surface area contributed by atoms with Gasteiger partial charge in [-0.1, -0.05) is 18.2 Å². The number of aliphatic hydroxyl groups is 1. The Morgan fingerprint density at radius 2 is 1.71 bits per heavy atom. The van der Waals surface area contributed by atoms with E-state index >= 15 is 0 Å². The van der Waals surface area contributed by atoms with Gasteiger partial charge in [0, 0.05) is 31.3 Å². The Hall–Kier alpha value is -3.19. The predicted molar refractivity (Wildman–Crippen MR) is 115 cm³/mol. The molecule has 2 heterocycles. The third-order valence-electron chi connectivity index (χ3n) is 6.03. The third-order valence-corrected chi connectivity index (χ3v) is 6.03. The molecule has 4 rings (SSSR count). The van der Waals surface area contributed by atoms with Crippen LogP contribution in [0.15, 0.2) is 48.5 Å². The summed E-state index contributed by atoms with van der Waals surface area (Å²) in [5.41, 5.74) is -0.474. The number of para-hydroxylation sites is 1. The van der Waals surface area contributed by atoms with Crippen molar-refractivity contribution in [2.45, 2.75) is 31.3 Å². The van der Waals surface area contributed by atoms with Gasteiger partial charge in [-0.25, -0.2) is 0 Å². The molecule has 2 aliphatic heterocycles. The minimum atomic E-state index is -1.88. The summed E-state index contributed by atoms with van der Waals surface area (Å²) < 4.78 is 5.57. The number of likely N-dealkylation sites (tertiary alicyclic amines) is 1.